The Morgan fingerprint density at radius 1 is 1.20 bits per heavy atom. The number of benzene rings is 1. The molecule has 4 rings (SSSR count). The Morgan fingerprint density at radius 3 is 2.87 bits per heavy atom. The van der Waals surface area contributed by atoms with Gasteiger partial charge in [0.25, 0.3) is 5.91 Å². The summed E-state index contributed by atoms with van der Waals surface area (Å²) in [6.45, 7) is 3.11. The summed E-state index contributed by atoms with van der Waals surface area (Å²) in [4.78, 5) is 20.9. The summed E-state index contributed by atoms with van der Waals surface area (Å²) < 4.78 is 12.7. The molecule has 2 N–H and O–H groups in total. The Balaban J connectivity index is 1.33. The first-order valence-electron chi connectivity index (χ1n) is 9.63. The predicted molar refractivity (Wildman–Crippen MR) is 111 cm³/mol. The third-order valence-corrected chi connectivity index (χ3v) is 4.49. The van der Waals surface area contributed by atoms with E-state index in [-0.39, 0.29) is 5.91 Å². The van der Waals surface area contributed by atoms with Gasteiger partial charge in [0.15, 0.2) is 11.8 Å². The highest BCUT2D eigenvalue weighted by molar-refractivity contribution is 5.86. The van der Waals surface area contributed by atoms with Crippen LogP contribution in [0.15, 0.2) is 65.7 Å². The predicted octanol–water partition coefficient (Wildman–Crippen LogP) is 2.62. The molecule has 1 amide bonds. The zero-order valence-electron chi connectivity index (χ0n) is 16.5. The van der Waals surface area contributed by atoms with E-state index in [2.05, 4.69) is 25.7 Å². The van der Waals surface area contributed by atoms with E-state index < -0.39 is 6.10 Å². The first kappa shape index (κ1) is 19.4. The fourth-order valence-corrected chi connectivity index (χ4v) is 2.97. The molecule has 0 spiro atoms. The molecular formula is C21H22N6O3. The molecule has 0 aliphatic rings. The molecule has 0 radical (unpaired) electrons. The molecule has 4 aromatic rings. The summed E-state index contributed by atoms with van der Waals surface area (Å²) in [6, 6.07) is 13.0. The van der Waals surface area contributed by atoms with Gasteiger partial charge in [0.1, 0.15) is 23.7 Å². The number of nitrogens with one attached hydrogen (secondary N) is 2. The molecule has 0 aliphatic heterocycles. The summed E-state index contributed by atoms with van der Waals surface area (Å²) in [7, 11) is 0. The molecule has 3 aromatic heterocycles. The zero-order chi connectivity index (χ0) is 20.8. The molecule has 3 heterocycles. The van der Waals surface area contributed by atoms with Crippen LogP contribution in [0.3, 0.4) is 0 Å². The fraction of sp³-hybridized carbons (Fsp3) is 0.238. The van der Waals surface area contributed by atoms with Crippen molar-refractivity contribution in [3.63, 3.8) is 0 Å². The molecule has 0 saturated carbocycles. The van der Waals surface area contributed by atoms with Crippen molar-refractivity contribution >= 4 is 22.8 Å². The van der Waals surface area contributed by atoms with Gasteiger partial charge in [-0.3, -0.25) is 4.79 Å². The Morgan fingerprint density at radius 2 is 2.07 bits per heavy atom. The Labute approximate surface area is 173 Å². The maximum Gasteiger partial charge on any atom is 0.260 e. The molecule has 0 bridgehead atoms. The van der Waals surface area contributed by atoms with Crippen LogP contribution >= 0.6 is 0 Å². The Kier molecular flexibility index (Phi) is 5.88. The van der Waals surface area contributed by atoms with Gasteiger partial charge in [0.2, 0.25) is 0 Å². The number of anilines is 1. The van der Waals surface area contributed by atoms with Crippen molar-refractivity contribution in [1.29, 1.82) is 0 Å². The maximum absolute atomic E-state index is 12.3. The highest BCUT2D eigenvalue weighted by Gasteiger charge is 2.15. The topological polar surface area (TPSA) is 107 Å². The smallest absolute Gasteiger partial charge is 0.260 e. The van der Waals surface area contributed by atoms with E-state index in [9.17, 15) is 4.79 Å². The number of hydrogen-bond donors (Lipinski definition) is 2. The van der Waals surface area contributed by atoms with Crippen molar-refractivity contribution < 1.29 is 13.9 Å². The molecule has 1 unspecified atom stereocenters. The molecule has 0 fully saturated rings. The first-order chi connectivity index (χ1) is 14.7. The van der Waals surface area contributed by atoms with Gasteiger partial charge in [0, 0.05) is 6.54 Å². The van der Waals surface area contributed by atoms with Gasteiger partial charge in [-0.1, -0.05) is 18.2 Å². The average Bonchev–Trinajstić information content (AvgIpc) is 3.43. The van der Waals surface area contributed by atoms with E-state index >= 15 is 0 Å². The number of aromatic nitrogens is 4. The van der Waals surface area contributed by atoms with Crippen LogP contribution in [0.25, 0.3) is 11.0 Å². The summed E-state index contributed by atoms with van der Waals surface area (Å²) in [5.74, 6) is 1.95. The van der Waals surface area contributed by atoms with Gasteiger partial charge in [-0.2, -0.15) is 5.10 Å². The second kappa shape index (κ2) is 9.08. The van der Waals surface area contributed by atoms with Crippen LogP contribution in [0, 0.1) is 0 Å². The summed E-state index contributed by atoms with van der Waals surface area (Å²) in [6.07, 6.45) is 4.23. The van der Waals surface area contributed by atoms with E-state index in [4.69, 9.17) is 9.15 Å². The SMILES string of the molecule is CC(Oc1ccccc1)C(=O)NCCn1ncc2c(NCc3ccco3)ncnc21. The normalized spacial score (nSPS) is 11.9. The molecule has 9 nitrogen and oxygen atoms in total. The molecule has 154 valence electrons. The minimum Gasteiger partial charge on any atom is -0.481 e. The second-order valence-corrected chi connectivity index (χ2v) is 6.62. The monoisotopic (exact) mass is 406 g/mol. The molecule has 1 atom stereocenters. The standard InChI is InChI=1S/C21H22N6O3/c1-15(30-16-6-3-2-4-7-16)21(28)22-9-10-27-20-18(13-26-27)19(24-14-25-20)23-12-17-8-5-11-29-17/h2-8,11,13-15H,9-10,12H2,1H3,(H,22,28)(H,23,24,25). The molecular weight excluding hydrogens is 384 g/mol. The number of para-hydroxylation sites is 1. The minimum atomic E-state index is -0.596. The second-order valence-electron chi connectivity index (χ2n) is 6.62. The van der Waals surface area contributed by atoms with Crippen LogP contribution in [0.2, 0.25) is 0 Å². The number of ether oxygens (including phenoxy) is 1. The van der Waals surface area contributed by atoms with E-state index in [0.717, 1.165) is 11.1 Å². The lowest BCUT2D eigenvalue weighted by Gasteiger charge is -2.14. The summed E-state index contributed by atoms with van der Waals surface area (Å²) in [5, 5.41) is 11.3. The van der Waals surface area contributed by atoms with Crippen molar-refractivity contribution in [2.75, 3.05) is 11.9 Å². The average molecular weight is 406 g/mol. The van der Waals surface area contributed by atoms with Crippen molar-refractivity contribution in [3.8, 4) is 5.75 Å². The molecule has 1 aromatic carbocycles. The highest BCUT2D eigenvalue weighted by Crippen LogP contribution is 2.19. The lowest BCUT2D eigenvalue weighted by molar-refractivity contribution is -0.127. The van der Waals surface area contributed by atoms with Gasteiger partial charge >= 0.3 is 0 Å². The number of carbonyl (C=O) groups is 1. The van der Waals surface area contributed by atoms with Crippen LogP contribution in [0.5, 0.6) is 5.75 Å². The number of amides is 1. The number of nitrogens with zero attached hydrogens (tertiary/aromatic N) is 4. The summed E-state index contributed by atoms with van der Waals surface area (Å²) >= 11 is 0. The maximum atomic E-state index is 12.3. The van der Waals surface area contributed by atoms with Crippen LogP contribution in [-0.2, 0) is 17.9 Å². The number of furan rings is 1. The van der Waals surface area contributed by atoms with Crippen molar-refractivity contribution in [1.82, 2.24) is 25.1 Å². The van der Waals surface area contributed by atoms with Crippen molar-refractivity contribution in [2.45, 2.75) is 26.1 Å². The first-order valence-corrected chi connectivity index (χ1v) is 9.63. The highest BCUT2D eigenvalue weighted by atomic mass is 16.5. The van der Waals surface area contributed by atoms with Crippen LogP contribution < -0.4 is 15.4 Å². The van der Waals surface area contributed by atoms with Gasteiger partial charge in [0.05, 0.1) is 30.9 Å². The Hall–Kier alpha value is -3.88. The zero-order valence-corrected chi connectivity index (χ0v) is 16.5. The molecule has 0 aliphatic carbocycles. The third-order valence-electron chi connectivity index (χ3n) is 4.49. The number of fused-ring (bicyclic) bond motifs is 1. The minimum absolute atomic E-state index is 0.189. The molecule has 9 heteroatoms. The molecule has 30 heavy (non-hydrogen) atoms. The number of rotatable bonds is 9. The van der Waals surface area contributed by atoms with E-state index in [1.165, 1.54) is 6.33 Å². The van der Waals surface area contributed by atoms with E-state index in [1.807, 2.05) is 42.5 Å². The van der Waals surface area contributed by atoms with Gasteiger partial charge < -0.3 is 19.8 Å². The largest absolute Gasteiger partial charge is 0.481 e. The number of hydrogen-bond acceptors (Lipinski definition) is 7. The fourth-order valence-electron chi connectivity index (χ4n) is 2.97. The van der Waals surface area contributed by atoms with E-state index in [0.29, 0.717) is 36.8 Å². The van der Waals surface area contributed by atoms with E-state index in [1.54, 1.807) is 24.1 Å². The molecule has 0 saturated heterocycles. The van der Waals surface area contributed by atoms with Crippen molar-refractivity contribution in [2.24, 2.45) is 0 Å². The quantitative estimate of drug-likeness (QED) is 0.440. The van der Waals surface area contributed by atoms with Gasteiger partial charge in [-0.05, 0) is 31.2 Å². The summed E-state index contributed by atoms with van der Waals surface area (Å²) in [5.41, 5.74) is 0.690. The van der Waals surface area contributed by atoms with Gasteiger partial charge in [-0.25, -0.2) is 14.6 Å². The Bertz CT molecular complexity index is 1090. The van der Waals surface area contributed by atoms with Crippen molar-refractivity contribution in [3.05, 3.63) is 67.0 Å². The lowest BCUT2D eigenvalue weighted by Crippen LogP contribution is -2.38. The van der Waals surface area contributed by atoms with Crippen LogP contribution in [-0.4, -0.2) is 38.3 Å². The van der Waals surface area contributed by atoms with Crippen LogP contribution in [0.1, 0.15) is 12.7 Å². The van der Waals surface area contributed by atoms with Crippen LogP contribution in [0.4, 0.5) is 5.82 Å². The number of carbonyl (C=O) groups excluding carboxylic acids is 1. The lowest BCUT2D eigenvalue weighted by atomic mass is 10.3. The third kappa shape index (κ3) is 4.57. The van der Waals surface area contributed by atoms with Gasteiger partial charge in [-0.15, -0.1) is 0 Å².